The van der Waals surface area contributed by atoms with E-state index in [2.05, 4.69) is 0 Å². The van der Waals surface area contributed by atoms with Crippen molar-refractivity contribution in [1.82, 2.24) is 0 Å². The highest BCUT2D eigenvalue weighted by Gasteiger charge is 2.14. The van der Waals surface area contributed by atoms with Crippen molar-refractivity contribution >= 4 is 16.1 Å². The van der Waals surface area contributed by atoms with E-state index < -0.39 is 9.84 Å². The Labute approximate surface area is 112 Å². The molecule has 3 nitrogen and oxygen atoms in total. The summed E-state index contributed by atoms with van der Waals surface area (Å²) in [5.41, 5.74) is 2.82. The number of hydrogen-bond acceptors (Lipinski definition) is 3. The van der Waals surface area contributed by atoms with Crippen molar-refractivity contribution in [3.05, 3.63) is 53.6 Å². The van der Waals surface area contributed by atoms with Crippen LogP contribution in [0.4, 0.5) is 0 Å². The minimum atomic E-state index is -3.30. The van der Waals surface area contributed by atoms with E-state index in [-0.39, 0.29) is 4.90 Å². The highest BCUT2D eigenvalue weighted by Crippen LogP contribution is 2.28. The normalized spacial score (nSPS) is 11.3. The molecule has 2 aromatic rings. The highest BCUT2D eigenvalue weighted by molar-refractivity contribution is 7.90. The van der Waals surface area contributed by atoms with Crippen LogP contribution < -0.4 is 0 Å². The first-order valence-electron chi connectivity index (χ1n) is 5.78. The molecule has 2 rings (SSSR count). The van der Waals surface area contributed by atoms with Crippen LogP contribution in [0, 0.1) is 6.92 Å². The number of carbonyl (C=O) groups excluding carboxylic acids is 1. The Morgan fingerprint density at radius 2 is 1.74 bits per heavy atom. The van der Waals surface area contributed by atoms with Crippen molar-refractivity contribution < 1.29 is 13.2 Å². The summed E-state index contributed by atoms with van der Waals surface area (Å²) in [5, 5.41) is 0. The van der Waals surface area contributed by atoms with Gasteiger partial charge in [0, 0.05) is 17.4 Å². The quantitative estimate of drug-likeness (QED) is 0.809. The lowest BCUT2D eigenvalue weighted by atomic mass is 10.0. The van der Waals surface area contributed by atoms with Crippen molar-refractivity contribution in [2.75, 3.05) is 6.26 Å². The van der Waals surface area contributed by atoms with Crippen molar-refractivity contribution in [1.29, 1.82) is 0 Å². The second kappa shape index (κ2) is 4.97. The van der Waals surface area contributed by atoms with E-state index in [1.165, 1.54) is 6.26 Å². The van der Waals surface area contributed by atoms with Gasteiger partial charge in [0.05, 0.1) is 4.90 Å². The first kappa shape index (κ1) is 13.5. The van der Waals surface area contributed by atoms with Crippen LogP contribution in [0.15, 0.2) is 47.4 Å². The molecule has 0 bridgehead atoms. The molecular weight excluding hydrogens is 260 g/mol. The predicted octanol–water partition coefficient (Wildman–Crippen LogP) is 2.88. The molecule has 0 unspecified atom stereocenters. The topological polar surface area (TPSA) is 51.2 Å². The molecule has 19 heavy (non-hydrogen) atoms. The van der Waals surface area contributed by atoms with Gasteiger partial charge in [-0.1, -0.05) is 24.3 Å². The van der Waals surface area contributed by atoms with Gasteiger partial charge in [0.25, 0.3) is 0 Å². The Hall–Kier alpha value is -1.94. The molecule has 0 aliphatic carbocycles. The molecule has 98 valence electrons. The second-order valence-electron chi connectivity index (χ2n) is 4.52. The molecule has 0 atom stereocenters. The summed E-state index contributed by atoms with van der Waals surface area (Å²) >= 11 is 0. The molecule has 0 aromatic heterocycles. The third kappa shape index (κ3) is 2.90. The summed E-state index contributed by atoms with van der Waals surface area (Å²) in [5.74, 6) is 0. The van der Waals surface area contributed by atoms with Gasteiger partial charge in [-0.2, -0.15) is 0 Å². The first-order valence-corrected chi connectivity index (χ1v) is 7.67. The van der Waals surface area contributed by atoms with Gasteiger partial charge in [-0.05, 0) is 36.2 Å². The minimum absolute atomic E-state index is 0.275. The van der Waals surface area contributed by atoms with Crippen LogP contribution in [0.3, 0.4) is 0 Å². The van der Waals surface area contributed by atoms with Gasteiger partial charge in [-0.15, -0.1) is 0 Å². The Bertz CT molecular complexity index is 731. The van der Waals surface area contributed by atoms with Crippen LogP contribution in [-0.4, -0.2) is 21.0 Å². The first-order chi connectivity index (χ1) is 8.91. The monoisotopic (exact) mass is 274 g/mol. The zero-order valence-corrected chi connectivity index (χ0v) is 11.6. The van der Waals surface area contributed by atoms with Gasteiger partial charge in [0.1, 0.15) is 6.29 Å². The largest absolute Gasteiger partial charge is 0.298 e. The van der Waals surface area contributed by atoms with E-state index in [4.69, 9.17) is 0 Å². The number of hydrogen-bond donors (Lipinski definition) is 0. The molecule has 0 saturated carbocycles. The molecule has 0 aliphatic heterocycles. The fraction of sp³-hybridized carbons (Fsp3) is 0.133. The zero-order valence-electron chi connectivity index (χ0n) is 10.8. The van der Waals surface area contributed by atoms with Crippen molar-refractivity contribution in [3.63, 3.8) is 0 Å². The molecule has 0 fully saturated rings. The van der Waals surface area contributed by atoms with Crippen LogP contribution >= 0.6 is 0 Å². The third-order valence-corrected chi connectivity index (χ3v) is 3.99. The van der Waals surface area contributed by atoms with Gasteiger partial charge >= 0.3 is 0 Å². The number of carbonyl (C=O) groups is 1. The van der Waals surface area contributed by atoms with Crippen LogP contribution in [0.1, 0.15) is 15.9 Å². The summed E-state index contributed by atoms with van der Waals surface area (Å²) in [6, 6.07) is 12.1. The van der Waals surface area contributed by atoms with E-state index in [0.717, 1.165) is 17.4 Å². The molecule has 0 N–H and O–H groups in total. The molecule has 0 aliphatic rings. The van der Waals surface area contributed by atoms with E-state index in [9.17, 15) is 13.2 Å². The molecule has 2 aromatic carbocycles. The zero-order chi connectivity index (χ0) is 14.0. The number of aryl methyl sites for hydroxylation is 1. The van der Waals surface area contributed by atoms with E-state index >= 15 is 0 Å². The SMILES string of the molecule is Cc1cc(C=O)cc(-c2ccccc2S(C)(=O)=O)c1. The molecule has 0 radical (unpaired) electrons. The van der Waals surface area contributed by atoms with Crippen molar-refractivity contribution in [2.24, 2.45) is 0 Å². The van der Waals surface area contributed by atoms with Gasteiger partial charge in [0.2, 0.25) is 0 Å². The fourth-order valence-corrected chi connectivity index (χ4v) is 2.98. The number of sulfone groups is 1. The summed E-state index contributed by atoms with van der Waals surface area (Å²) in [4.78, 5) is 11.2. The summed E-state index contributed by atoms with van der Waals surface area (Å²) in [6.45, 7) is 1.87. The Balaban J connectivity index is 2.73. The van der Waals surface area contributed by atoms with Gasteiger partial charge < -0.3 is 0 Å². The third-order valence-electron chi connectivity index (χ3n) is 2.83. The lowest BCUT2D eigenvalue weighted by molar-refractivity contribution is 0.112. The summed E-state index contributed by atoms with van der Waals surface area (Å²) in [7, 11) is -3.30. The average Bonchev–Trinajstić information content (AvgIpc) is 2.37. The van der Waals surface area contributed by atoms with Gasteiger partial charge in [-0.25, -0.2) is 8.42 Å². The molecular formula is C15H14O3S. The number of rotatable bonds is 3. The Morgan fingerprint density at radius 3 is 2.37 bits per heavy atom. The van der Waals surface area contributed by atoms with E-state index in [0.29, 0.717) is 11.1 Å². The van der Waals surface area contributed by atoms with Crippen LogP contribution in [0.2, 0.25) is 0 Å². The minimum Gasteiger partial charge on any atom is -0.298 e. The average molecular weight is 274 g/mol. The van der Waals surface area contributed by atoms with Crippen molar-refractivity contribution in [2.45, 2.75) is 11.8 Å². The smallest absolute Gasteiger partial charge is 0.176 e. The lowest BCUT2D eigenvalue weighted by Gasteiger charge is -2.09. The van der Waals surface area contributed by atoms with Gasteiger partial charge in [0.15, 0.2) is 9.84 Å². The van der Waals surface area contributed by atoms with Crippen LogP contribution in [0.25, 0.3) is 11.1 Å². The molecule has 0 heterocycles. The van der Waals surface area contributed by atoms with Crippen LogP contribution in [0.5, 0.6) is 0 Å². The Morgan fingerprint density at radius 1 is 1.05 bits per heavy atom. The standard InChI is InChI=1S/C15H14O3S/c1-11-7-12(10-16)9-13(8-11)14-5-3-4-6-15(14)19(2,17)18/h3-10H,1-2H3. The van der Waals surface area contributed by atoms with E-state index in [1.807, 2.05) is 13.0 Å². The maximum Gasteiger partial charge on any atom is 0.176 e. The fourth-order valence-electron chi connectivity index (χ4n) is 2.06. The maximum atomic E-state index is 11.8. The Kier molecular flexibility index (Phi) is 3.53. The van der Waals surface area contributed by atoms with E-state index in [1.54, 1.807) is 36.4 Å². The summed E-state index contributed by atoms with van der Waals surface area (Å²) in [6.07, 6.45) is 1.95. The second-order valence-corrected chi connectivity index (χ2v) is 6.50. The molecule has 0 spiro atoms. The predicted molar refractivity (Wildman–Crippen MR) is 75.1 cm³/mol. The number of aldehydes is 1. The lowest BCUT2D eigenvalue weighted by Crippen LogP contribution is -2.00. The number of benzene rings is 2. The molecule has 0 saturated heterocycles. The molecule has 4 heteroatoms. The molecule has 0 amide bonds. The van der Waals surface area contributed by atoms with Crippen LogP contribution in [-0.2, 0) is 9.84 Å². The van der Waals surface area contributed by atoms with Gasteiger partial charge in [-0.3, -0.25) is 4.79 Å². The van der Waals surface area contributed by atoms with Crippen molar-refractivity contribution in [3.8, 4) is 11.1 Å². The maximum absolute atomic E-state index is 11.8. The highest BCUT2D eigenvalue weighted by atomic mass is 32.2. The summed E-state index contributed by atoms with van der Waals surface area (Å²) < 4.78 is 23.6.